The Morgan fingerprint density at radius 3 is 2.78 bits per heavy atom. The van der Waals surface area contributed by atoms with Crippen molar-refractivity contribution in [2.75, 3.05) is 19.8 Å². The van der Waals surface area contributed by atoms with E-state index in [1.54, 1.807) is 4.57 Å². The molecular formula is C19H29N3O3S2. The molecule has 27 heavy (non-hydrogen) atoms. The number of amides is 1. The maximum absolute atomic E-state index is 13.1. The zero-order chi connectivity index (χ0) is 20.0. The summed E-state index contributed by atoms with van der Waals surface area (Å²) in [6.07, 6.45) is 1.62. The lowest BCUT2D eigenvalue weighted by molar-refractivity contribution is -0.120. The molecule has 150 valence electrons. The highest BCUT2D eigenvalue weighted by Crippen LogP contribution is 2.29. The Bertz CT molecular complexity index is 845. The topological polar surface area (TPSA) is 73.2 Å². The fourth-order valence-corrected chi connectivity index (χ4v) is 4.70. The van der Waals surface area contributed by atoms with Crippen molar-refractivity contribution in [3.8, 4) is 0 Å². The van der Waals surface area contributed by atoms with E-state index in [1.807, 2.05) is 34.6 Å². The number of fused-ring (bicyclic) bond motifs is 1. The monoisotopic (exact) mass is 411 g/mol. The van der Waals surface area contributed by atoms with Crippen LogP contribution < -0.4 is 10.9 Å². The molecule has 0 fully saturated rings. The molecule has 0 spiro atoms. The largest absolute Gasteiger partial charge is 0.382 e. The van der Waals surface area contributed by atoms with Crippen molar-refractivity contribution in [1.29, 1.82) is 0 Å². The van der Waals surface area contributed by atoms with Crippen LogP contribution in [0.25, 0.3) is 10.2 Å². The van der Waals surface area contributed by atoms with Crippen molar-refractivity contribution in [3.63, 3.8) is 0 Å². The summed E-state index contributed by atoms with van der Waals surface area (Å²) in [7, 11) is 0. The predicted molar refractivity (Wildman–Crippen MR) is 113 cm³/mol. The molecule has 2 rings (SSSR count). The van der Waals surface area contributed by atoms with Crippen molar-refractivity contribution in [2.24, 2.45) is 0 Å². The molecule has 1 amide bonds. The van der Waals surface area contributed by atoms with Gasteiger partial charge in [-0.25, -0.2) is 4.98 Å². The fraction of sp³-hybridized carbons (Fsp3) is 0.632. The van der Waals surface area contributed by atoms with E-state index in [4.69, 9.17) is 9.72 Å². The lowest BCUT2D eigenvalue weighted by atomic mass is 10.2. The SMILES string of the molecule is CCCNC(=O)[C@@H](C)Sc1nc2sc(C)c(C)c2c(=O)n1CCCOCC. The normalized spacial score (nSPS) is 12.5. The van der Waals surface area contributed by atoms with E-state index >= 15 is 0 Å². The van der Waals surface area contributed by atoms with Crippen LogP contribution in [0, 0.1) is 13.8 Å². The van der Waals surface area contributed by atoms with Gasteiger partial charge in [-0.1, -0.05) is 18.7 Å². The number of nitrogens with zero attached hydrogens (tertiary/aromatic N) is 2. The van der Waals surface area contributed by atoms with Crippen molar-refractivity contribution < 1.29 is 9.53 Å². The second-order valence-corrected chi connectivity index (χ2v) is 8.93. The molecule has 0 saturated heterocycles. The van der Waals surface area contributed by atoms with Gasteiger partial charge in [0.1, 0.15) is 4.83 Å². The smallest absolute Gasteiger partial charge is 0.263 e. The van der Waals surface area contributed by atoms with Crippen molar-refractivity contribution >= 4 is 39.2 Å². The standard InChI is InChI=1S/C19H29N3O3S2/c1-6-9-20-16(23)14(5)27-19-21-17-15(12(3)13(4)26-17)18(24)22(19)10-8-11-25-7-2/h14H,6-11H2,1-5H3,(H,20,23)/t14-/m1/s1. The number of aryl methyl sites for hydroxylation is 2. The van der Waals surface area contributed by atoms with Gasteiger partial charge < -0.3 is 10.1 Å². The Kier molecular flexibility index (Phi) is 8.31. The zero-order valence-corrected chi connectivity index (χ0v) is 18.4. The number of ether oxygens (including phenoxy) is 1. The van der Waals surface area contributed by atoms with Gasteiger partial charge in [0.2, 0.25) is 5.91 Å². The number of hydrogen-bond acceptors (Lipinski definition) is 6. The van der Waals surface area contributed by atoms with Crippen molar-refractivity contribution in [1.82, 2.24) is 14.9 Å². The van der Waals surface area contributed by atoms with Gasteiger partial charge in [0.25, 0.3) is 5.56 Å². The van der Waals surface area contributed by atoms with Gasteiger partial charge in [-0.15, -0.1) is 11.3 Å². The predicted octanol–water partition coefficient (Wildman–Crippen LogP) is 3.51. The van der Waals surface area contributed by atoms with Gasteiger partial charge in [0.15, 0.2) is 5.16 Å². The van der Waals surface area contributed by atoms with E-state index in [-0.39, 0.29) is 16.7 Å². The van der Waals surface area contributed by atoms with Crippen LogP contribution in [0.4, 0.5) is 0 Å². The van der Waals surface area contributed by atoms with Crippen LogP contribution in [-0.2, 0) is 16.1 Å². The lowest BCUT2D eigenvalue weighted by Crippen LogP contribution is -2.32. The van der Waals surface area contributed by atoms with Gasteiger partial charge >= 0.3 is 0 Å². The highest BCUT2D eigenvalue weighted by molar-refractivity contribution is 8.00. The molecule has 0 aliphatic rings. The molecule has 2 heterocycles. The highest BCUT2D eigenvalue weighted by Gasteiger charge is 2.21. The highest BCUT2D eigenvalue weighted by atomic mass is 32.2. The molecule has 1 N–H and O–H groups in total. The molecule has 0 aliphatic carbocycles. The van der Waals surface area contributed by atoms with Gasteiger partial charge in [-0.3, -0.25) is 14.2 Å². The number of hydrogen-bond donors (Lipinski definition) is 1. The average Bonchev–Trinajstić information content (AvgIpc) is 2.92. The molecule has 0 aliphatic heterocycles. The Morgan fingerprint density at radius 1 is 1.37 bits per heavy atom. The van der Waals surface area contributed by atoms with Crippen LogP contribution in [-0.4, -0.2) is 40.5 Å². The fourth-order valence-electron chi connectivity index (χ4n) is 2.67. The summed E-state index contributed by atoms with van der Waals surface area (Å²) in [5, 5.41) is 3.88. The Hall–Kier alpha value is -1.38. The van der Waals surface area contributed by atoms with Crippen LogP contribution in [0.5, 0.6) is 0 Å². The first-order valence-electron chi connectivity index (χ1n) is 9.43. The Morgan fingerprint density at radius 2 is 2.11 bits per heavy atom. The lowest BCUT2D eigenvalue weighted by Gasteiger charge is -2.15. The first-order valence-corrected chi connectivity index (χ1v) is 11.1. The summed E-state index contributed by atoms with van der Waals surface area (Å²) in [5.74, 6) is -0.0318. The molecule has 1 atom stereocenters. The number of aromatic nitrogens is 2. The van der Waals surface area contributed by atoms with Crippen LogP contribution in [0.2, 0.25) is 0 Å². The molecule has 2 aromatic rings. The molecule has 0 radical (unpaired) electrons. The Labute approximate surface area is 168 Å². The minimum atomic E-state index is -0.318. The van der Waals surface area contributed by atoms with E-state index in [0.29, 0.717) is 36.8 Å². The second kappa shape index (κ2) is 10.2. The van der Waals surface area contributed by atoms with Gasteiger partial charge in [-0.2, -0.15) is 0 Å². The molecule has 6 nitrogen and oxygen atoms in total. The van der Waals surface area contributed by atoms with E-state index in [1.165, 1.54) is 23.1 Å². The summed E-state index contributed by atoms with van der Waals surface area (Å²) in [6, 6.07) is 0. The summed E-state index contributed by atoms with van der Waals surface area (Å²) in [6.45, 7) is 12.2. The van der Waals surface area contributed by atoms with Gasteiger partial charge in [-0.05, 0) is 46.1 Å². The minimum Gasteiger partial charge on any atom is -0.382 e. The third-order valence-corrected chi connectivity index (χ3v) is 6.52. The van der Waals surface area contributed by atoms with Crippen molar-refractivity contribution in [2.45, 2.75) is 64.4 Å². The third kappa shape index (κ3) is 5.33. The molecule has 0 unspecified atom stereocenters. The van der Waals surface area contributed by atoms with Gasteiger partial charge in [0, 0.05) is 31.2 Å². The minimum absolute atomic E-state index is 0.0259. The maximum Gasteiger partial charge on any atom is 0.263 e. The number of carbonyl (C=O) groups is 1. The molecule has 8 heteroatoms. The van der Waals surface area contributed by atoms with Crippen LogP contribution >= 0.6 is 23.1 Å². The van der Waals surface area contributed by atoms with Crippen LogP contribution in [0.15, 0.2) is 9.95 Å². The summed E-state index contributed by atoms with van der Waals surface area (Å²) in [5.41, 5.74) is 0.971. The number of thioether (sulfide) groups is 1. The summed E-state index contributed by atoms with van der Waals surface area (Å²) >= 11 is 2.88. The zero-order valence-electron chi connectivity index (χ0n) is 16.8. The van der Waals surface area contributed by atoms with Crippen LogP contribution in [0.1, 0.15) is 44.1 Å². The quantitative estimate of drug-likeness (QED) is 0.368. The van der Waals surface area contributed by atoms with Gasteiger partial charge in [0.05, 0.1) is 10.6 Å². The van der Waals surface area contributed by atoms with E-state index in [9.17, 15) is 9.59 Å². The first-order chi connectivity index (χ1) is 12.9. The number of nitrogens with one attached hydrogen (secondary N) is 1. The van der Waals surface area contributed by atoms with E-state index in [0.717, 1.165) is 28.1 Å². The first kappa shape index (κ1) is 21.9. The van der Waals surface area contributed by atoms with Crippen LogP contribution in [0.3, 0.4) is 0 Å². The summed E-state index contributed by atoms with van der Waals surface area (Å²) < 4.78 is 7.11. The molecule has 0 aromatic carbocycles. The van der Waals surface area contributed by atoms with Crippen molar-refractivity contribution in [3.05, 3.63) is 20.8 Å². The number of carbonyl (C=O) groups excluding carboxylic acids is 1. The summed E-state index contributed by atoms with van der Waals surface area (Å²) in [4.78, 5) is 32.0. The van der Waals surface area contributed by atoms with E-state index < -0.39 is 0 Å². The average molecular weight is 412 g/mol. The maximum atomic E-state index is 13.1. The number of thiophene rings is 1. The molecular weight excluding hydrogens is 382 g/mol. The molecule has 0 bridgehead atoms. The molecule has 2 aromatic heterocycles. The second-order valence-electron chi connectivity index (χ2n) is 6.42. The Balaban J connectivity index is 2.36. The number of rotatable bonds is 10. The molecule has 0 saturated carbocycles. The third-order valence-electron chi connectivity index (χ3n) is 4.33. The van der Waals surface area contributed by atoms with E-state index in [2.05, 4.69) is 5.32 Å².